The van der Waals surface area contributed by atoms with Crippen LogP contribution in [0.5, 0.6) is 5.75 Å². The first-order chi connectivity index (χ1) is 13.1. The normalized spacial score (nSPS) is 19.5. The standard InChI is InChI=1S/C22H23NO4/c1-3-27-22(25)19-15-21(24)23(17-7-5-4-6-8-17)20(19)14-11-16-9-12-18(26-2)13-10-16/h4-14,19-20H,3,15H2,1-2H3/b14-11+/t19-,20+/m1/s1. The van der Waals surface area contributed by atoms with Crippen LogP contribution in [0.3, 0.4) is 0 Å². The summed E-state index contributed by atoms with van der Waals surface area (Å²) in [5, 5.41) is 0. The van der Waals surface area contributed by atoms with E-state index in [0.29, 0.717) is 6.61 Å². The van der Waals surface area contributed by atoms with Gasteiger partial charge in [-0.05, 0) is 36.8 Å². The van der Waals surface area contributed by atoms with E-state index >= 15 is 0 Å². The molecule has 1 fully saturated rings. The van der Waals surface area contributed by atoms with Crippen LogP contribution < -0.4 is 9.64 Å². The molecular formula is C22H23NO4. The Labute approximate surface area is 159 Å². The van der Waals surface area contributed by atoms with Gasteiger partial charge in [0.15, 0.2) is 0 Å². The lowest BCUT2D eigenvalue weighted by Gasteiger charge is -2.25. The van der Waals surface area contributed by atoms with Gasteiger partial charge in [0.25, 0.3) is 0 Å². The molecule has 1 aliphatic rings. The van der Waals surface area contributed by atoms with Crippen molar-refractivity contribution in [1.29, 1.82) is 0 Å². The molecule has 0 bridgehead atoms. The zero-order valence-electron chi connectivity index (χ0n) is 15.5. The van der Waals surface area contributed by atoms with Crippen molar-refractivity contribution in [3.8, 4) is 5.75 Å². The van der Waals surface area contributed by atoms with Gasteiger partial charge in [0, 0.05) is 12.1 Å². The fraction of sp³-hybridized carbons (Fsp3) is 0.273. The molecule has 0 aromatic heterocycles. The van der Waals surface area contributed by atoms with Gasteiger partial charge in [0.05, 0.1) is 25.7 Å². The van der Waals surface area contributed by atoms with Crippen LogP contribution in [0.4, 0.5) is 5.69 Å². The minimum Gasteiger partial charge on any atom is -0.497 e. The maximum absolute atomic E-state index is 12.7. The molecule has 3 rings (SSSR count). The molecule has 5 heteroatoms. The fourth-order valence-electron chi connectivity index (χ4n) is 3.28. The van der Waals surface area contributed by atoms with Crippen LogP contribution in [0, 0.1) is 5.92 Å². The van der Waals surface area contributed by atoms with Crippen molar-refractivity contribution in [2.75, 3.05) is 18.6 Å². The highest BCUT2D eigenvalue weighted by atomic mass is 16.5. The number of amides is 1. The van der Waals surface area contributed by atoms with E-state index in [4.69, 9.17) is 9.47 Å². The predicted octanol–water partition coefficient (Wildman–Crippen LogP) is 3.69. The molecule has 0 unspecified atom stereocenters. The highest BCUT2D eigenvalue weighted by molar-refractivity contribution is 6.01. The third-order valence-corrected chi connectivity index (χ3v) is 4.60. The fourth-order valence-corrected chi connectivity index (χ4v) is 3.28. The van der Waals surface area contributed by atoms with Gasteiger partial charge in [-0.15, -0.1) is 0 Å². The molecule has 2 aromatic carbocycles. The zero-order chi connectivity index (χ0) is 19.2. The molecule has 0 aliphatic carbocycles. The van der Waals surface area contributed by atoms with Crippen molar-refractivity contribution in [2.24, 2.45) is 5.92 Å². The summed E-state index contributed by atoms with van der Waals surface area (Å²) in [7, 11) is 1.62. The van der Waals surface area contributed by atoms with E-state index in [2.05, 4.69) is 0 Å². The molecule has 1 aliphatic heterocycles. The van der Waals surface area contributed by atoms with Crippen molar-refractivity contribution < 1.29 is 19.1 Å². The van der Waals surface area contributed by atoms with Crippen LogP contribution in [0.25, 0.3) is 6.08 Å². The average Bonchev–Trinajstić information content (AvgIpc) is 3.04. The van der Waals surface area contributed by atoms with Crippen molar-refractivity contribution in [1.82, 2.24) is 0 Å². The van der Waals surface area contributed by atoms with Crippen LogP contribution in [-0.4, -0.2) is 31.6 Å². The Morgan fingerprint density at radius 1 is 1.15 bits per heavy atom. The van der Waals surface area contributed by atoms with Crippen LogP contribution in [0.2, 0.25) is 0 Å². The number of esters is 1. The van der Waals surface area contributed by atoms with Crippen LogP contribution in [0.15, 0.2) is 60.7 Å². The third kappa shape index (κ3) is 4.19. The maximum atomic E-state index is 12.7. The number of hydrogen-bond acceptors (Lipinski definition) is 4. The quantitative estimate of drug-likeness (QED) is 0.733. The lowest BCUT2D eigenvalue weighted by Crippen LogP contribution is -2.36. The van der Waals surface area contributed by atoms with E-state index in [1.165, 1.54) is 0 Å². The topological polar surface area (TPSA) is 55.8 Å². The second kappa shape index (κ2) is 8.54. The SMILES string of the molecule is CCOC(=O)[C@@H]1CC(=O)N(c2ccccc2)[C@H]1/C=C/c1ccc(OC)cc1. The summed E-state index contributed by atoms with van der Waals surface area (Å²) in [5.74, 6) is -0.164. The van der Waals surface area contributed by atoms with Crippen molar-refractivity contribution >= 4 is 23.6 Å². The largest absolute Gasteiger partial charge is 0.497 e. The second-order valence-electron chi connectivity index (χ2n) is 6.28. The molecule has 0 N–H and O–H groups in total. The summed E-state index contributed by atoms with van der Waals surface area (Å²) >= 11 is 0. The molecule has 2 atom stereocenters. The summed E-state index contributed by atoms with van der Waals surface area (Å²) < 4.78 is 10.4. The monoisotopic (exact) mass is 365 g/mol. The van der Waals surface area contributed by atoms with Gasteiger partial charge in [-0.2, -0.15) is 0 Å². The Morgan fingerprint density at radius 3 is 2.48 bits per heavy atom. The van der Waals surface area contributed by atoms with Crippen molar-refractivity contribution in [3.05, 3.63) is 66.2 Å². The Morgan fingerprint density at radius 2 is 1.85 bits per heavy atom. The van der Waals surface area contributed by atoms with Crippen LogP contribution in [0.1, 0.15) is 18.9 Å². The molecule has 2 aromatic rings. The number of anilines is 1. The predicted molar refractivity (Wildman–Crippen MR) is 104 cm³/mol. The molecule has 0 spiro atoms. The van der Waals surface area contributed by atoms with Gasteiger partial charge in [-0.25, -0.2) is 0 Å². The first-order valence-corrected chi connectivity index (χ1v) is 9.00. The molecule has 140 valence electrons. The molecule has 1 saturated heterocycles. The Kier molecular flexibility index (Phi) is 5.91. The van der Waals surface area contributed by atoms with Crippen LogP contribution >= 0.6 is 0 Å². The molecule has 1 heterocycles. The number of ether oxygens (including phenoxy) is 2. The first kappa shape index (κ1) is 18.7. The number of rotatable bonds is 6. The Hall–Kier alpha value is -3.08. The van der Waals surface area contributed by atoms with E-state index in [1.807, 2.05) is 66.7 Å². The van der Waals surface area contributed by atoms with E-state index < -0.39 is 5.92 Å². The van der Waals surface area contributed by atoms with Gasteiger partial charge in [0.1, 0.15) is 5.75 Å². The minimum atomic E-state index is -0.521. The summed E-state index contributed by atoms with van der Waals surface area (Å²) in [6.07, 6.45) is 3.97. The zero-order valence-corrected chi connectivity index (χ0v) is 15.5. The highest BCUT2D eigenvalue weighted by Gasteiger charge is 2.43. The van der Waals surface area contributed by atoms with Gasteiger partial charge in [-0.1, -0.05) is 42.5 Å². The molecule has 1 amide bonds. The lowest BCUT2D eigenvalue weighted by molar-refractivity contribution is -0.148. The number of benzene rings is 2. The number of carbonyl (C=O) groups is 2. The minimum absolute atomic E-state index is 0.0800. The molecular weight excluding hydrogens is 342 g/mol. The van der Waals surface area contributed by atoms with E-state index in [0.717, 1.165) is 17.0 Å². The van der Waals surface area contributed by atoms with E-state index in [-0.39, 0.29) is 24.3 Å². The smallest absolute Gasteiger partial charge is 0.311 e. The average molecular weight is 365 g/mol. The van der Waals surface area contributed by atoms with Crippen LogP contribution in [-0.2, 0) is 14.3 Å². The lowest BCUT2D eigenvalue weighted by atomic mass is 9.99. The van der Waals surface area contributed by atoms with Crippen molar-refractivity contribution in [3.63, 3.8) is 0 Å². The van der Waals surface area contributed by atoms with Gasteiger partial charge in [-0.3, -0.25) is 9.59 Å². The van der Waals surface area contributed by atoms with Gasteiger partial charge < -0.3 is 14.4 Å². The van der Waals surface area contributed by atoms with Crippen molar-refractivity contribution in [2.45, 2.75) is 19.4 Å². The number of hydrogen-bond donors (Lipinski definition) is 0. The molecule has 0 radical (unpaired) electrons. The highest BCUT2D eigenvalue weighted by Crippen LogP contribution is 2.33. The second-order valence-corrected chi connectivity index (χ2v) is 6.28. The summed E-state index contributed by atoms with van der Waals surface area (Å²) in [5.41, 5.74) is 1.74. The Balaban J connectivity index is 1.91. The van der Waals surface area contributed by atoms with Gasteiger partial charge >= 0.3 is 5.97 Å². The van der Waals surface area contributed by atoms with Gasteiger partial charge in [0.2, 0.25) is 5.91 Å². The molecule has 0 saturated carbocycles. The Bertz CT molecular complexity index is 814. The molecule has 5 nitrogen and oxygen atoms in total. The number of nitrogens with zero attached hydrogens (tertiary/aromatic N) is 1. The van der Waals surface area contributed by atoms with E-state index in [9.17, 15) is 9.59 Å². The number of para-hydroxylation sites is 1. The van der Waals surface area contributed by atoms with E-state index in [1.54, 1.807) is 18.9 Å². The number of methoxy groups -OCH3 is 1. The third-order valence-electron chi connectivity index (χ3n) is 4.60. The first-order valence-electron chi connectivity index (χ1n) is 9.00. The summed E-state index contributed by atoms with van der Waals surface area (Å²) in [4.78, 5) is 26.8. The number of carbonyl (C=O) groups excluding carboxylic acids is 2. The maximum Gasteiger partial charge on any atom is 0.311 e. The summed E-state index contributed by atoms with van der Waals surface area (Å²) in [6, 6.07) is 16.6. The molecule has 27 heavy (non-hydrogen) atoms. The summed E-state index contributed by atoms with van der Waals surface area (Å²) in [6.45, 7) is 2.07.